The van der Waals surface area contributed by atoms with Gasteiger partial charge >= 0.3 is 11.6 Å². The molecule has 0 spiro atoms. The molecule has 0 saturated carbocycles. The summed E-state index contributed by atoms with van der Waals surface area (Å²) in [5.41, 5.74) is 0.457. The van der Waals surface area contributed by atoms with Crippen molar-refractivity contribution in [3.63, 3.8) is 0 Å². The third-order valence-corrected chi connectivity index (χ3v) is 6.22. The Morgan fingerprint density at radius 2 is 1.45 bits per heavy atom. The van der Waals surface area contributed by atoms with E-state index in [4.69, 9.17) is 20.8 Å². The minimum atomic E-state index is -0.581. The zero-order valence-corrected chi connectivity index (χ0v) is 19.9. The number of rotatable bonds is 15. The molecule has 0 unspecified atom stereocenters. The first-order chi connectivity index (χ1) is 15.0. The molecule has 0 saturated heterocycles. The Bertz CT molecular complexity index is 872. The van der Waals surface area contributed by atoms with Crippen molar-refractivity contribution in [3.8, 4) is 5.75 Å². The molecule has 0 N–H and O–H groups in total. The number of unbranched alkanes of at least 4 members (excludes halogenated alkanes) is 12. The lowest BCUT2D eigenvalue weighted by Gasteiger charge is -2.07. The predicted octanol–water partition coefficient (Wildman–Crippen LogP) is 8.14. The smallest absolute Gasteiger partial charge is 0.355 e. The largest absolute Gasteiger partial charge is 0.426 e. The van der Waals surface area contributed by atoms with E-state index in [1.54, 1.807) is 25.1 Å². The van der Waals surface area contributed by atoms with Gasteiger partial charge in [-0.25, -0.2) is 4.79 Å². The molecule has 0 bridgehead atoms. The number of carbonyl (C=O) groups excluding carboxylic acids is 1. The van der Waals surface area contributed by atoms with Crippen molar-refractivity contribution in [2.75, 3.05) is 0 Å². The van der Waals surface area contributed by atoms with E-state index >= 15 is 0 Å². The molecule has 172 valence electrons. The summed E-state index contributed by atoms with van der Waals surface area (Å²) >= 11 is 5.94. The average molecular weight is 449 g/mol. The van der Waals surface area contributed by atoms with Crippen molar-refractivity contribution in [1.29, 1.82) is 0 Å². The Morgan fingerprint density at radius 1 is 0.903 bits per heavy atom. The van der Waals surface area contributed by atoms with Crippen LogP contribution >= 0.6 is 11.6 Å². The Kier molecular flexibility index (Phi) is 11.7. The van der Waals surface area contributed by atoms with Gasteiger partial charge in [-0.05, 0) is 31.0 Å². The monoisotopic (exact) mass is 448 g/mol. The first-order valence-electron chi connectivity index (χ1n) is 12.0. The summed E-state index contributed by atoms with van der Waals surface area (Å²) in [4.78, 5) is 23.8. The van der Waals surface area contributed by atoms with Crippen molar-refractivity contribution in [2.45, 2.75) is 104 Å². The molecule has 0 radical (unpaired) electrons. The summed E-state index contributed by atoms with van der Waals surface area (Å²) in [6, 6.07) is 5.03. The lowest BCUT2D eigenvalue weighted by Crippen LogP contribution is -2.08. The van der Waals surface area contributed by atoms with E-state index in [1.165, 1.54) is 70.6 Å². The predicted molar refractivity (Wildman–Crippen MR) is 128 cm³/mol. The highest BCUT2D eigenvalue weighted by Crippen LogP contribution is 2.26. The van der Waals surface area contributed by atoms with Gasteiger partial charge in [-0.3, -0.25) is 4.79 Å². The first-order valence-corrected chi connectivity index (χ1v) is 12.3. The van der Waals surface area contributed by atoms with Gasteiger partial charge in [0, 0.05) is 17.9 Å². The fraction of sp³-hybridized carbons (Fsp3) is 0.615. The maximum absolute atomic E-state index is 12.1. The van der Waals surface area contributed by atoms with E-state index in [1.807, 2.05) is 0 Å². The van der Waals surface area contributed by atoms with Crippen LogP contribution < -0.4 is 10.4 Å². The molecule has 2 aromatic rings. The maximum atomic E-state index is 12.1. The Labute approximate surface area is 191 Å². The second kappa shape index (κ2) is 14.3. The third-order valence-electron chi connectivity index (χ3n) is 5.78. The van der Waals surface area contributed by atoms with E-state index in [2.05, 4.69) is 6.92 Å². The SMILES string of the molecule is CCCCCCCCCCCCCCCC(=O)Oc1ccc2c(C)c(Cl)c(=O)oc2c1. The highest BCUT2D eigenvalue weighted by Gasteiger charge is 2.11. The van der Waals surface area contributed by atoms with E-state index < -0.39 is 5.63 Å². The van der Waals surface area contributed by atoms with E-state index in [-0.39, 0.29) is 11.0 Å². The van der Waals surface area contributed by atoms with Crippen LogP contribution in [0, 0.1) is 6.92 Å². The number of halogens is 1. The molecule has 0 amide bonds. The third kappa shape index (κ3) is 9.06. The molecular formula is C26H37ClO4. The van der Waals surface area contributed by atoms with Gasteiger partial charge in [0.15, 0.2) is 0 Å². The van der Waals surface area contributed by atoms with Crippen LogP contribution in [0.3, 0.4) is 0 Å². The van der Waals surface area contributed by atoms with Crippen LogP contribution in [0.15, 0.2) is 27.4 Å². The fourth-order valence-electron chi connectivity index (χ4n) is 3.85. The van der Waals surface area contributed by atoms with Gasteiger partial charge in [0.1, 0.15) is 16.4 Å². The Balaban J connectivity index is 1.56. The summed E-state index contributed by atoms with van der Waals surface area (Å²) in [5.74, 6) is 0.132. The van der Waals surface area contributed by atoms with Crippen LogP contribution in [0.1, 0.15) is 102 Å². The second-order valence-corrected chi connectivity index (χ2v) is 8.83. The molecule has 0 aliphatic carbocycles. The number of benzene rings is 1. The van der Waals surface area contributed by atoms with Gasteiger partial charge in [-0.15, -0.1) is 0 Å². The minimum Gasteiger partial charge on any atom is -0.426 e. The van der Waals surface area contributed by atoms with E-state index in [9.17, 15) is 9.59 Å². The van der Waals surface area contributed by atoms with Crippen LogP contribution in [-0.2, 0) is 4.79 Å². The summed E-state index contributed by atoms with van der Waals surface area (Å²) in [6.07, 6.45) is 16.9. The number of hydrogen-bond acceptors (Lipinski definition) is 4. The molecule has 1 aromatic heterocycles. The summed E-state index contributed by atoms with van der Waals surface area (Å²) in [6.45, 7) is 4.02. The number of aryl methyl sites for hydroxylation is 1. The normalized spacial score (nSPS) is 11.2. The number of carbonyl (C=O) groups is 1. The van der Waals surface area contributed by atoms with Crippen LogP contribution in [0.4, 0.5) is 0 Å². The van der Waals surface area contributed by atoms with E-state index in [0.717, 1.165) is 18.2 Å². The fourth-order valence-corrected chi connectivity index (χ4v) is 3.99. The molecule has 4 nitrogen and oxygen atoms in total. The van der Waals surface area contributed by atoms with Gasteiger partial charge in [-0.2, -0.15) is 0 Å². The van der Waals surface area contributed by atoms with Gasteiger partial charge in [0.05, 0.1) is 0 Å². The highest BCUT2D eigenvalue weighted by atomic mass is 35.5. The van der Waals surface area contributed by atoms with Gasteiger partial charge in [0.25, 0.3) is 0 Å². The molecular weight excluding hydrogens is 412 g/mol. The summed E-state index contributed by atoms with van der Waals surface area (Å²) in [5, 5.41) is 0.820. The zero-order chi connectivity index (χ0) is 22.5. The molecule has 0 aliphatic rings. The molecule has 1 heterocycles. The number of ether oxygens (including phenoxy) is 1. The van der Waals surface area contributed by atoms with Gasteiger partial charge < -0.3 is 9.15 Å². The molecule has 0 fully saturated rings. The molecule has 1 aromatic carbocycles. The van der Waals surface area contributed by atoms with Gasteiger partial charge in [-0.1, -0.05) is 95.6 Å². The highest BCUT2D eigenvalue weighted by molar-refractivity contribution is 6.31. The topological polar surface area (TPSA) is 56.5 Å². The Hall–Kier alpha value is -1.81. The zero-order valence-electron chi connectivity index (χ0n) is 19.1. The lowest BCUT2D eigenvalue weighted by molar-refractivity contribution is -0.134. The van der Waals surface area contributed by atoms with Crippen LogP contribution in [0.5, 0.6) is 5.75 Å². The molecule has 0 atom stereocenters. The standard InChI is InChI=1S/C26H37ClO4/c1-3-4-5-6-7-8-9-10-11-12-13-14-15-16-24(28)30-21-17-18-22-20(2)25(27)26(29)31-23(22)19-21/h17-19H,3-16H2,1-2H3. The number of hydrogen-bond donors (Lipinski definition) is 0. The van der Waals surface area contributed by atoms with Gasteiger partial charge in [0.2, 0.25) is 0 Å². The van der Waals surface area contributed by atoms with Crippen LogP contribution in [0.25, 0.3) is 11.0 Å². The molecule has 5 heteroatoms. The Morgan fingerprint density at radius 3 is 2.03 bits per heavy atom. The van der Waals surface area contributed by atoms with E-state index in [0.29, 0.717) is 23.3 Å². The average Bonchev–Trinajstić information content (AvgIpc) is 2.75. The van der Waals surface area contributed by atoms with Crippen LogP contribution in [-0.4, -0.2) is 5.97 Å². The molecule has 31 heavy (non-hydrogen) atoms. The van der Waals surface area contributed by atoms with Crippen molar-refractivity contribution in [2.24, 2.45) is 0 Å². The number of esters is 1. The van der Waals surface area contributed by atoms with Crippen molar-refractivity contribution in [3.05, 3.63) is 39.2 Å². The lowest BCUT2D eigenvalue weighted by atomic mass is 10.0. The van der Waals surface area contributed by atoms with Crippen molar-refractivity contribution < 1.29 is 13.9 Å². The van der Waals surface area contributed by atoms with Crippen molar-refractivity contribution in [1.82, 2.24) is 0 Å². The quantitative estimate of drug-likeness (QED) is 0.119. The second-order valence-electron chi connectivity index (χ2n) is 8.45. The maximum Gasteiger partial charge on any atom is 0.355 e. The minimum absolute atomic E-state index is 0.0830. The first kappa shape index (κ1) is 25.5. The summed E-state index contributed by atoms with van der Waals surface area (Å²) < 4.78 is 10.6. The molecule has 2 rings (SSSR count). The molecule has 0 aliphatic heterocycles. The van der Waals surface area contributed by atoms with Crippen LogP contribution in [0.2, 0.25) is 5.02 Å². The van der Waals surface area contributed by atoms with Crippen molar-refractivity contribution >= 4 is 28.5 Å². The summed E-state index contributed by atoms with van der Waals surface area (Å²) in [7, 11) is 0. The number of fused-ring (bicyclic) bond motifs is 1.